The van der Waals surface area contributed by atoms with E-state index in [9.17, 15) is 4.79 Å². The molecule has 0 aliphatic rings. The molecule has 1 N–H and O–H groups in total. The van der Waals surface area contributed by atoms with E-state index in [0.29, 0.717) is 12.1 Å². The minimum atomic E-state index is -0.896. The fourth-order valence-corrected chi connectivity index (χ4v) is 2.20. The van der Waals surface area contributed by atoms with Crippen molar-refractivity contribution in [2.24, 2.45) is 0 Å². The molecule has 2 aromatic rings. The zero-order valence-corrected chi connectivity index (χ0v) is 11.7. The number of aryl methyl sites for hydroxylation is 1. The molecule has 2 rings (SSSR count). The van der Waals surface area contributed by atoms with Crippen LogP contribution >= 0.6 is 0 Å². The van der Waals surface area contributed by atoms with Gasteiger partial charge in [-0.15, -0.1) is 0 Å². The molecule has 0 unspecified atom stereocenters. The second-order valence-corrected chi connectivity index (χ2v) is 4.64. The van der Waals surface area contributed by atoms with Gasteiger partial charge < -0.3 is 10.0 Å². The Hall–Kier alpha value is -2.36. The molecule has 20 heavy (non-hydrogen) atoms. The van der Waals surface area contributed by atoms with Crippen LogP contribution in [0, 0.1) is 6.92 Å². The molecule has 0 saturated heterocycles. The number of carboxylic acid groups (broad SMARTS) is 1. The van der Waals surface area contributed by atoms with E-state index < -0.39 is 5.97 Å². The molecule has 0 atom stereocenters. The highest BCUT2D eigenvalue weighted by Gasteiger charge is 2.11. The van der Waals surface area contributed by atoms with Crippen LogP contribution in [0.4, 0.5) is 5.69 Å². The molecule has 0 radical (unpaired) electrons. The smallest absolute Gasteiger partial charge is 0.335 e. The quantitative estimate of drug-likeness (QED) is 0.907. The Morgan fingerprint density at radius 1 is 1.30 bits per heavy atom. The highest BCUT2D eigenvalue weighted by molar-refractivity contribution is 5.88. The van der Waals surface area contributed by atoms with E-state index in [4.69, 9.17) is 5.11 Å². The summed E-state index contributed by atoms with van der Waals surface area (Å²) in [7, 11) is 0. The van der Waals surface area contributed by atoms with Crippen LogP contribution in [0.1, 0.15) is 28.5 Å². The summed E-state index contributed by atoms with van der Waals surface area (Å²) in [5.41, 5.74) is 3.32. The number of nitrogens with zero attached hydrogens (tertiary/aromatic N) is 2. The summed E-state index contributed by atoms with van der Waals surface area (Å²) < 4.78 is 0. The Bertz CT molecular complexity index is 597. The lowest BCUT2D eigenvalue weighted by molar-refractivity contribution is 0.0697. The molecule has 104 valence electrons. The second-order valence-electron chi connectivity index (χ2n) is 4.64. The highest BCUT2D eigenvalue weighted by atomic mass is 16.4. The van der Waals surface area contributed by atoms with Crippen molar-refractivity contribution >= 4 is 11.7 Å². The van der Waals surface area contributed by atoms with Gasteiger partial charge in [0.2, 0.25) is 0 Å². The van der Waals surface area contributed by atoms with Crippen LogP contribution in [0.25, 0.3) is 0 Å². The van der Waals surface area contributed by atoms with Crippen LogP contribution in [0.3, 0.4) is 0 Å². The largest absolute Gasteiger partial charge is 0.478 e. The lowest BCUT2D eigenvalue weighted by atomic mass is 10.1. The average Bonchev–Trinajstić information content (AvgIpc) is 2.46. The molecular weight excluding hydrogens is 252 g/mol. The first-order chi connectivity index (χ1) is 9.61. The summed E-state index contributed by atoms with van der Waals surface area (Å²) in [4.78, 5) is 17.5. The van der Waals surface area contributed by atoms with Crippen molar-refractivity contribution < 1.29 is 9.90 Å². The molecule has 0 saturated carbocycles. The van der Waals surface area contributed by atoms with Gasteiger partial charge >= 0.3 is 5.97 Å². The van der Waals surface area contributed by atoms with Gasteiger partial charge in [-0.05, 0) is 49.7 Å². The number of carboxylic acids is 1. The Kier molecular flexibility index (Phi) is 4.35. The third-order valence-corrected chi connectivity index (χ3v) is 3.25. The number of carbonyl (C=O) groups is 1. The third-order valence-electron chi connectivity index (χ3n) is 3.25. The van der Waals surface area contributed by atoms with Gasteiger partial charge in [0.1, 0.15) is 0 Å². The normalized spacial score (nSPS) is 10.3. The number of hydrogen-bond donors (Lipinski definition) is 1. The maximum Gasteiger partial charge on any atom is 0.335 e. The summed E-state index contributed by atoms with van der Waals surface area (Å²) in [5.74, 6) is -0.896. The van der Waals surface area contributed by atoms with E-state index in [1.54, 1.807) is 18.3 Å². The first-order valence-electron chi connectivity index (χ1n) is 6.60. The first kappa shape index (κ1) is 14.1. The number of anilines is 1. The van der Waals surface area contributed by atoms with E-state index in [1.165, 1.54) is 0 Å². The Labute approximate surface area is 118 Å². The van der Waals surface area contributed by atoms with Gasteiger partial charge in [0.25, 0.3) is 0 Å². The molecular formula is C16H18N2O2. The molecule has 0 fully saturated rings. The van der Waals surface area contributed by atoms with Crippen LogP contribution in [-0.4, -0.2) is 22.6 Å². The van der Waals surface area contributed by atoms with E-state index in [0.717, 1.165) is 23.5 Å². The van der Waals surface area contributed by atoms with Crippen molar-refractivity contribution in [3.05, 3.63) is 59.4 Å². The minimum absolute atomic E-state index is 0.320. The Morgan fingerprint density at radius 3 is 2.65 bits per heavy atom. The van der Waals surface area contributed by atoms with Crippen molar-refractivity contribution in [3.8, 4) is 0 Å². The molecule has 1 aromatic carbocycles. The zero-order chi connectivity index (χ0) is 14.5. The van der Waals surface area contributed by atoms with Crippen LogP contribution in [0.15, 0.2) is 42.6 Å². The zero-order valence-electron chi connectivity index (χ0n) is 11.7. The maximum absolute atomic E-state index is 11.0. The van der Waals surface area contributed by atoms with Gasteiger partial charge in [-0.1, -0.05) is 6.07 Å². The number of pyridine rings is 1. The van der Waals surface area contributed by atoms with Crippen molar-refractivity contribution in [3.63, 3.8) is 0 Å². The van der Waals surface area contributed by atoms with Crippen molar-refractivity contribution in [2.45, 2.75) is 20.4 Å². The van der Waals surface area contributed by atoms with Crippen molar-refractivity contribution in [1.29, 1.82) is 0 Å². The molecule has 1 heterocycles. The molecule has 4 nitrogen and oxygen atoms in total. The molecule has 0 spiro atoms. The summed E-state index contributed by atoms with van der Waals surface area (Å²) in [6, 6.07) is 11.1. The van der Waals surface area contributed by atoms with Crippen LogP contribution < -0.4 is 4.90 Å². The van der Waals surface area contributed by atoms with Gasteiger partial charge in [-0.25, -0.2) is 4.79 Å². The number of benzene rings is 1. The van der Waals surface area contributed by atoms with Crippen molar-refractivity contribution in [1.82, 2.24) is 4.98 Å². The molecule has 0 bridgehead atoms. The van der Waals surface area contributed by atoms with Crippen LogP contribution in [0.2, 0.25) is 0 Å². The topological polar surface area (TPSA) is 53.4 Å². The predicted molar refractivity (Wildman–Crippen MR) is 79.1 cm³/mol. The standard InChI is InChI=1S/C16H18N2O2/c1-3-18(11-14-6-4-5-9-17-14)15-8-7-13(16(19)20)10-12(15)2/h4-10H,3,11H2,1-2H3,(H,19,20). The maximum atomic E-state index is 11.0. The van der Waals surface area contributed by atoms with E-state index in [-0.39, 0.29) is 0 Å². The van der Waals surface area contributed by atoms with Gasteiger partial charge in [-0.2, -0.15) is 0 Å². The monoisotopic (exact) mass is 270 g/mol. The second kappa shape index (κ2) is 6.19. The van der Waals surface area contributed by atoms with Gasteiger partial charge in [-0.3, -0.25) is 4.98 Å². The van der Waals surface area contributed by atoms with E-state index in [2.05, 4.69) is 16.8 Å². The summed E-state index contributed by atoms with van der Waals surface area (Å²) >= 11 is 0. The predicted octanol–water partition coefficient (Wildman–Crippen LogP) is 3.11. The fraction of sp³-hybridized carbons (Fsp3) is 0.250. The van der Waals surface area contributed by atoms with E-state index >= 15 is 0 Å². The SMILES string of the molecule is CCN(Cc1ccccn1)c1ccc(C(=O)O)cc1C. The number of aromatic carboxylic acids is 1. The van der Waals surface area contributed by atoms with Gasteiger partial charge in [0.15, 0.2) is 0 Å². The van der Waals surface area contributed by atoms with Gasteiger partial charge in [0, 0.05) is 18.4 Å². The Morgan fingerprint density at radius 2 is 2.10 bits per heavy atom. The Balaban J connectivity index is 2.26. The molecule has 1 aromatic heterocycles. The minimum Gasteiger partial charge on any atom is -0.478 e. The lowest BCUT2D eigenvalue weighted by Gasteiger charge is -2.24. The molecule has 4 heteroatoms. The summed E-state index contributed by atoms with van der Waals surface area (Å²) in [6.07, 6.45) is 1.78. The summed E-state index contributed by atoms with van der Waals surface area (Å²) in [5, 5.41) is 9.01. The highest BCUT2D eigenvalue weighted by Crippen LogP contribution is 2.22. The number of rotatable bonds is 5. The third kappa shape index (κ3) is 3.15. The molecule has 0 aliphatic heterocycles. The molecule has 0 aliphatic carbocycles. The van der Waals surface area contributed by atoms with Gasteiger partial charge in [0.05, 0.1) is 17.8 Å². The van der Waals surface area contributed by atoms with Crippen LogP contribution in [0.5, 0.6) is 0 Å². The average molecular weight is 270 g/mol. The first-order valence-corrected chi connectivity index (χ1v) is 6.60. The number of hydrogen-bond acceptors (Lipinski definition) is 3. The van der Waals surface area contributed by atoms with Crippen molar-refractivity contribution in [2.75, 3.05) is 11.4 Å². The lowest BCUT2D eigenvalue weighted by Crippen LogP contribution is -2.23. The fourth-order valence-electron chi connectivity index (χ4n) is 2.20. The summed E-state index contributed by atoms with van der Waals surface area (Å²) in [6.45, 7) is 5.56. The van der Waals surface area contributed by atoms with E-state index in [1.807, 2.05) is 31.2 Å². The van der Waals surface area contributed by atoms with Crippen LogP contribution in [-0.2, 0) is 6.54 Å². The number of aromatic nitrogens is 1. The molecule has 0 amide bonds.